The van der Waals surface area contributed by atoms with Crippen LogP contribution in [0.5, 0.6) is 0 Å². The Labute approximate surface area is 130 Å². The van der Waals surface area contributed by atoms with Crippen molar-refractivity contribution in [2.75, 3.05) is 19.6 Å². The summed E-state index contributed by atoms with van der Waals surface area (Å²) in [5.74, 6) is 0.190. The second-order valence-corrected chi connectivity index (χ2v) is 8.36. The lowest BCUT2D eigenvalue weighted by molar-refractivity contribution is 0.0957. The molecule has 1 fully saturated rings. The average Bonchev–Trinajstić information content (AvgIpc) is 2.95. The largest absolute Gasteiger partial charge is 0.351 e. The standard InChI is InChI=1S/C14H22N2O3S2/c1-3-6-15-14(17)13-8-12(10-20-13)21(18,19)16-7-4-5-11(2)9-16/h8,10-11H,3-7,9H2,1-2H3,(H,15,17). The Hall–Kier alpha value is -0.920. The van der Waals surface area contributed by atoms with Gasteiger partial charge in [-0.05, 0) is 31.2 Å². The highest BCUT2D eigenvalue weighted by Gasteiger charge is 2.29. The molecule has 118 valence electrons. The molecule has 1 saturated heterocycles. The van der Waals surface area contributed by atoms with Gasteiger partial charge in [-0.2, -0.15) is 4.31 Å². The molecule has 0 aliphatic carbocycles. The van der Waals surface area contributed by atoms with Gasteiger partial charge in [0, 0.05) is 25.0 Å². The maximum atomic E-state index is 12.6. The van der Waals surface area contributed by atoms with Crippen LogP contribution in [0.1, 0.15) is 42.8 Å². The number of rotatable bonds is 5. The van der Waals surface area contributed by atoms with Crippen LogP contribution >= 0.6 is 11.3 Å². The van der Waals surface area contributed by atoms with Gasteiger partial charge in [0.2, 0.25) is 10.0 Å². The summed E-state index contributed by atoms with van der Waals surface area (Å²) in [5.41, 5.74) is 0. The van der Waals surface area contributed by atoms with Crippen molar-refractivity contribution in [2.24, 2.45) is 5.92 Å². The second kappa shape index (κ2) is 6.89. The predicted molar refractivity (Wildman–Crippen MR) is 84.1 cm³/mol. The molecule has 1 aromatic heterocycles. The van der Waals surface area contributed by atoms with Crippen molar-refractivity contribution in [3.63, 3.8) is 0 Å². The van der Waals surface area contributed by atoms with E-state index in [1.165, 1.54) is 21.7 Å². The highest BCUT2D eigenvalue weighted by molar-refractivity contribution is 7.89. The molecule has 2 rings (SSSR count). The van der Waals surface area contributed by atoms with Gasteiger partial charge in [-0.1, -0.05) is 13.8 Å². The first-order valence-corrected chi connectivity index (χ1v) is 9.64. The number of nitrogens with one attached hydrogen (secondary N) is 1. The molecule has 1 unspecified atom stereocenters. The molecule has 1 aromatic rings. The van der Waals surface area contributed by atoms with E-state index in [-0.39, 0.29) is 10.8 Å². The van der Waals surface area contributed by atoms with E-state index in [0.29, 0.717) is 30.4 Å². The van der Waals surface area contributed by atoms with E-state index < -0.39 is 10.0 Å². The van der Waals surface area contributed by atoms with Crippen LogP contribution in [-0.2, 0) is 10.0 Å². The number of carbonyl (C=O) groups is 1. The number of nitrogens with zero attached hydrogens (tertiary/aromatic N) is 1. The first-order valence-electron chi connectivity index (χ1n) is 7.32. The number of piperidine rings is 1. The summed E-state index contributed by atoms with van der Waals surface area (Å²) in [6, 6.07) is 1.49. The van der Waals surface area contributed by atoms with Gasteiger partial charge in [0.25, 0.3) is 5.91 Å². The SMILES string of the molecule is CCCNC(=O)c1cc(S(=O)(=O)N2CCCC(C)C2)cs1. The fourth-order valence-corrected chi connectivity index (χ4v) is 5.19. The summed E-state index contributed by atoms with van der Waals surface area (Å²) in [7, 11) is -3.46. The fourth-order valence-electron chi connectivity index (χ4n) is 2.41. The Bertz CT molecular complexity index is 595. The first-order chi connectivity index (χ1) is 9.95. The minimum Gasteiger partial charge on any atom is -0.351 e. The molecular weight excluding hydrogens is 308 g/mol. The monoisotopic (exact) mass is 330 g/mol. The minimum atomic E-state index is -3.46. The van der Waals surface area contributed by atoms with E-state index in [2.05, 4.69) is 12.2 Å². The third kappa shape index (κ3) is 3.84. The van der Waals surface area contributed by atoms with Crippen LogP contribution in [0.2, 0.25) is 0 Å². The normalized spacial score (nSPS) is 20.4. The van der Waals surface area contributed by atoms with E-state index in [0.717, 1.165) is 19.3 Å². The zero-order chi connectivity index (χ0) is 15.5. The number of amides is 1. The zero-order valence-corrected chi connectivity index (χ0v) is 14.1. The molecular formula is C14H22N2O3S2. The van der Waals surface area contributed by atoms with Gasteiger partial charge in [-0.3, -0.25) is 4.79 Å². The molecule has 1 amide bonds. The van der Waals surface area contributed by atoms with Crippen LogP contribution in [0.4, 0.5) is 0 Å². The van der Waals surface area contributed by atoms with Crippen LogP contribution in [-0.4, -0.2) is 38.3 Å². The Morgan fingerprint density at radius 3 is 2.95 bits per heavy atom. The molecule has 0 saturated carbocycles. The Kier molecular flexibility index (Phi) is 5.40. The first kappa shape index (κ1) is 16.5. The highest BCUT2D eigenvalue weighted by Crippen LogP contribution is 2.26. The van der Waals surface area contributed by atoms with E-state index in [1.54, 1.807) is 5.38 Å². The zero-order valence-electron chi connectivity index (χ0n) is 12.5. The molecule has 21 heavy (non-hydrogen) atoms. The molecule has 1 atom stereocenters. The lowest BCUT2D eigenvalue weighted by atomic mass is 10.0. The average molecular weight is 330 g/mol. The fraction of sp³-hybridized carbons (Fsp3) is 0.643. The maximum Gasteiger partial charge on any atom is 0.261 e. The van der Waals surface area contributed by atoms with Crippen LogP contribution in [0.15, 0.2) is 16.3 Å². The smallest absolute Gasteiger partial charge is 0.261 e. The molecule has 7 heteroatoms. The van der Waals surface area contributed by atoms with Crippen molar-refractivity contribution in [1.29, 1.82) is 0 Å². The summed E-state index contributed by atoms with van der Waals surface area (Å²) < 4.78 is 26.7. The van der Waals surface area contributed by atoms with E-state index in [1.807, 2.05) is 6.92 Å². The van der Waals surface area contributed by atoms with Gasteiger partial charge in [0.1, 0.15) is 0 Å². The second-order valence-electron chi connectivity index (χ2n) is 5.51. The van der Waals surface area contributed by atoms with Crippen molar-refractivity contribution in [2.45, 2.75) is 38.0 Å². The van der Waals surface area contributed by atoms with Gasteiger partial charge in [0.15, 0.2) is 0 Å². The number of thiophene rings is 1. The van der Waals surface area contributed by atoms with Crippen LogP contribution in [0, 0.1) is 5.92 Å². The number of sulfonamides is 1. The summed E-state index contributed by atoms with van der Waals surface area (Å²) in [5, 5.41) is 4.33. The Morgan fingerprint density at radius 1 is 1.52 bits per heavy atom. The Morgan fingerprint density at radius 2 is 2.29 bits per heavy atom. The van der Waals surface area contributed by atoms with Crippen molar-refractivity contribution < 1.29 is 13.2 Å². The van der Waals surface area contributed by atoms with Crippen LogP contribution < -0.4 is 5.32 Å². The molecule has 1 N–H and O–H groups in total. The lowest BCUT2D eigenvalue weighted by Crippen LogP contribution is -2.38. The molecule has 0 spiro atoms. The quantitative estimate of drug-likeness (QED) is 0.901. The summed E-state index contributed by atoms with van der Waals surface area (Å²) >= 11 is 1.18. The summed E-state index contributed by atoms with van der Waals surface area (Å²) in [6.45, 7) is 5.78. The van der Waals surface area contributed by atoms with Gasteiger partial charge in [0.05, 0.1) is 9.77 Å². The van der Waals surface area contributed by atoms with Crippen molar-refractivity contribution >= 4 is 27.3 Å². The van der Waals surface area contributed by atoms with Crippen molar-refractivity contribution in [3.8, 4) is 0 Å². The van der Waals surface area contributed by atoms with Crippen LogP contribution in [0.25, 0.3) is 0 Å². The molecule has 1 aliphatic rings. The van der Waals surface area contributed by atoms with Gasteiger partial charge in [-0.25, -0.2) is 8.42 Å². The van der Waals surface area contributed by atoms with E-state index in [4.69, 9.17) is 0 Å². The molecule has 1 aliphatic heterocycles. The molecule has 2 heterocycles. The lowest BCUT2D eigenvalue weighted by Gasteiger charge is -2.29. The highest BCUT2D eigenvalue weighted by atomic mass is 32.2. The summed E-state index contributed by atoms with van der Waals surface area (Å²) in [6.07, 6.45) is 2.82. The molecule has 0 radical (unpaired) electrons. The summed E-state index contributed by atoms with van der Waals surface area (Å²) in [4.78, 5) is 12.6. The van der Waals surface area contributed by atoms with Gasteiger partial charge < -0.3 is 5.32 Å². The number of hydrogen-bond acceptors (Lipinski definition) is 4. The Balaban J connectivity index is 2.14. The third-order valence-electron chi connectivity index (χ3n) is 3.59. The molecule has 0 bridgehead atoms. The molecule has 0 aromatic carbocycles. The molecule has 5 nitrogen and oxygen atoms in total. The maximum absolute atomic E-state index is 12.6. The van der Waals surface area contributed by atoms with E-state index >= 15 is 0 Å². The minimum absolute atomic E-state index is 0.199. The van der Waals surface area contributed by atoms with Gasteiger partial charge >= 0.3 is 0 Å². The van der Waals surface area contributed by atoms with Crippen LogP contribution in [0.3, 0.4) is 0 Å². The van der Waals surface area contributed by atoms with Gasteiger partial charge in [-0.15, -0.1) is 11.3 Å². The van der Waals surface area contributed by atoms with Crippen molar-refractivity contribution in [1.82, 2.24) is 9.62 Å². The van der Waals surface area contributed by atoms with E-state index in [9.17, 15) is 13.2 Å². The predicted octanol–water partition coefficient (Wildman–Crippen LogP) is 2.31. The third-order valence-corrected chi connectivity index (χ3v) is 6.51. The van der Waals surface area contributed by atoms with Crippen molar-refractivity contribution in [3.05, 3.63) is 16.3 Å². The number of carbonyl (C=O) groups excluding carboxylic acids is 1. The number of hydrogen-bond donors (Lipinski definition) is 1. The topological polar surface area (TPSA) is 66.5 Å².